The highest BCUT2D eigenvalue weighted by Gasteiger charge is 2.14. The summed E-state index contributed by atoms with van der Waals surface area (Å²) in [6, 6.07) is 13.4. The number of thiazole rings is 1. The zero-order valence-electron chi connectivity index (χ0n) is 25.1. The number of carbonyl (C=O) groups excluding carboxylic acids is 2. The molecule has 0 aliphatic carbocycles. The summed E-state index contributed by atoms with van der Waals surface area (Å²) in [5, 5.41) is 6.16. The molecule has 0 spiro atoms. The molecule has 0 bridgehead atoms. The molecule has 224 valence electrons. The Morgan fingerprint density at radius 2 is 1.54 bits per heavy atom. The Labute approximate surface area is 257 Å². The molecule has 0 unspecified atom stereocenters. The van der Waals surface area contributed by atoms with E-state index in [1.165, 1.54) is 64.2 Å². The van der Waals surface area contributed by atoms with Crippen LogP contribution in [0, 0.1) is 0 Å². The molecule has 1 amide bonds. The predicted octanol–water partition coefficient (Wildman–Crippen LogP) is 5.71. The summed E-state index contributed by atoms with van der Waals surface area (Å²) in [6.45, 7) is 4.42. The van der Waals surface area contributed by atoms with Gasteiger partial charge in [0.05, 0.1) is 29.5 Å². The first-order valence-corrected chi connectivity index (χ1v) is 16.0. The summed E-state index contributed by atoms with van der Waals surface area (Å²) in [4.78, 5) is 25.1. The molecule has 1 N–H and O–H groups in total. The molecule has 5 nitrogen and oxygen atoms in total. The van der Waals surface area contributed by atoms with Gasteiger partial charge in [-0.05, 0) is 49.2 Å². The van der Waals surface area contributed by atoms with Crippen molar-refractivity contribution >= 4 is 28.7 Å². The van der Waals surface area contributed by atoms with Gasteiger partial charge in [-0.2, -0.15) is 4.57 Å². The maximum Gasteiger partial charge on any atom is 0.268 e. The van der Waals surface area contributed by atoms with Gasteiger partial charge in [-0.15, -0.1) is 0 Å². The van der Waals surface area contributed by atoms with Crippen LogP contribution in [0.15, 0.2) is 54.0 Å². The molecular formula is C34H47ClN2O3S. The fourth-order valence-corrected chi connectivity index (χ4v) is 5.81. The quantitative estimate of drug-likeness (QED) is 0.109. The molecule has 0 saturated heterocycles. The van der Waals surface area contributed by atoms with E-state index in [4.69, 9.17) is 4.74 Å². The average Bonchev–Trinajstić information content (AvgIpc) is 3.37. The Bertz CT molecular complexity index is 1210. The van der Waals surface area contributed by atoms with E-state index in [0.29, 0.717) is 17.9 Å². The Balaban J connectivity index is 0.00000588. The van der Waals surface area contributed by atoms with Gasteiger partial charge in [0, 0.05) is 5.69 Å². The van der Waals surface area contributed by atoms with Crippen LogP contribution in [0.25, 0.3) is 10.6 Å². The van der Waals surface area contributed by atoms with Crippen molar-refractivity contribution in [1.82, 2.24) is 0 Å². The van der Waals surface area contributed by atoms with Gasteiger partial charge in [-0.1, -0.05) is 101 Å². The first-order chi connectivity index (χ1) is 19.5. The van der Waals surface area contributed by atoms with Crippen molar-refractivity contribution < 1.29 is 31.3 Å². The Kier molecular flexibility index (Phi) is 16.3. The minimum absolute atomic E-state index is 0. The topological polar surface area (TPSA) is 59.3 Å². The molecule has 0 aliphatic rings. The van der Waals surface area contributed by atoms with Crippen molar-refractivity contribution in [1.29, 1.82) is 0 Å². The van der Waals surface area contributed by atoms with Gasteiger partial charge in [0.15, 0.2) is 12.0 Å². The third kappa shape index (κ3) is 12.4. The lowest BCUT2D eigenvalue weighted by molar-refractivity contribution is -0.655. The Morgan fingerprint density at radius 1 is 0.878 bits per heavy atom. The van der Waals surface area contributed by atoms with Crippen LogP contribution in [0.4, 0.5) is 5.69 Å². The van der Waals surface area contributed by atoms with Gasteiger partial charge in [0.2, 0.25) is 5.91 Å². The molecule has 0 fully saturated rings. The number of carbonyl (C=O) groups is 2. The van der Waals surface area contributed by atoms with E-state index in [2.05, 4.69) is 16.8 Å². The standard InChI is InChI=1S/C34H46N2O3S.ClH/c1-4-5-6-7-8-9-10-11-12-13-14-15-22-39-32-20-19-28(24-31(32)27(2)37)25-33(38)35-30-18-16-17-29(26-30)34-36(3)21-23-40-34;/h16-21,23-24,26H,4-15,22,25H2,1-3H3;1H. The van der Waals surface area contributed by atoms with E-state index in [-0.39, 0.29) is 30.5 Å². The highest BCUT2D eigenvalue weighted by Crippen LogP contribution is 2.25. The first-order valence-electron chi connectivity index (χ1n) is 15.1. The first kappa shape index (κ1) is 34.5. The predicted molar refractivity (Wildman–Crippen MR) is 166 cm³/mol. The maximum atomic E-state index is 12.8. The van der Waals surface area contributed by atoms with Crippen LogP contribution in [0.3, 0.4) is 0 Å². The van der Waals surface area contributed by atoms with Gasteiger partial charge in [-0.3, -0.25) is 9.59 Å². The van der Waals surface area contributed by atoms with Gasteiger partial charge in [0.1, 0.15) is 12.8 Å². The number of aromatic nitrogens is 1. The minimum atomic E-state index is -0.118. The van der Waals surface area contributed by atoms with Crippen LogP contribution < -0.4 is 27.0 Å². The molecule has 3 aromatic rings. The summed E-state index contributed by atoms with van der Waals surface area (Å²) in [6.07, 6.45) is 17.8. The summed E-state index contributed by atoms with van der Waals surface area (Å²) in [5.74, 6) is 0.437. The lowest BCUT2D eigenvalue weighted by Crippen LogP contribution is -3.00. The number of nitrogens with one attached hydrogen (secondary N) is 1. The largest absolute Gasteiger partial charge is 1.00 e. The number of anilines is 1. The zero-order valence-corrected chi connectivity index (χ0v) is 26.6. The number of ketones is 1. The van der Waals surface area contributed by atoms with Gasteiger partial charge >= 0.3 is 0 Å². The molecule has 0 atom stereocenters. The van der Waals surface area contributed by atoms with Crippen molar-refractivity contribution in [3.63, 3.8) is 0 Å². The monoisotopic (exact) mass is 598 g/mol. The van der Waals surface area contributed by atoms with Gasteiger partial charge in [0.25, 0.3) is 5.01 Å². The molecule has 0 aliphatic heterocycles. The smallest absolute Gasteiger partial charge is 0.268 e. The number of hydrogen-bond acceptors (Lipinski definition) is 4. The van der Waals surface area contributed by atoms with Crippen LogP contribution in [0.2, 0.25) is 0 Å². The maximum absolute atomic E-state index is 12.8. The second-order valence-corrected chi connectivity index (χ2v) is 11.6. The number of amides is 1. The number of nitrogens with zero attached hydrogens (tertiary/aromatic N) is 1. The second kappa shape index (κ2) is 19.4. The normalized spacial score (nSPS) is 10.7. The number of aryl methyl sites for hydroxylation is 1. The highest BCUT2D eigenvalue weighted by molar-refractivity contribution is 7.12. The van der Waals surface area contributed by atoms with E-state index in [1.54, 1.807) is 24.3 Å². The Hall–Kier alpha value is -2.70. The van der Waals surface area contributed by atoms with Crippen molar-refractivity contribution in [2.24, 2.45) is 7.05 Å². The van der Waals surface area contributed by atoms with Crippen LogP contribution in [0.1, 0.15) is 107 Å². The summed E-state index contributed by atoms with van der Waals surface area (Å²) >= 11 is 1.66. The third-order valence-electron chi connectivity index (χ3n) is 7.22. The molecule has 2 aromatic carbocycles. The molecule has 0 saturated carbocycles. The number of Topliss-reactive ketones (excluding diaryl/α,β-unsaturated/α-hetero) is 1. The van der Waals surface area contributed by atoms with E-state index in [9.17, 15) is 9.59 Å². The number of ether oxygens (including phenoxy) is 1. The van der Waals surface area contributed by atoms with Gasteiger partial charge in [-0.25, -0.2) is 0 Å². The van der Waals surface area contributed by atoms with E-state index < -0.39 is 0 Å². The number of halogens is 1. The molecule has 3 rings (SSSR count). The second-order valence-electron chi connectivity index (χ2n) is 10.7. The molecule has 1 aromatic heterocycles. The number of unbranched alkanes of at least 4 members (excludes halogenated alkanes) is 11. The van der Waals surface area contributed by atoms with E-state index in [0.717, 1.165) is 34.7 Å². The van der Waals surface area contributed by atoms with E-state index in [1.807, 2.05) is 55.0 Å². The lowest BCUT2D eigenvalue weighted by atomic mass is 10.0. The molecule has 7 heteroatoms. The van der Waals surface area contributed by atoms with Crippen molar-refractivity contribution in [2.45, 2.75) is 97.3 Å². The van der Waals surface area contributed by atoms with Crippen molar-refractivity contribution in [3.8, 4) is 16.3 Å². The lowest BCUT2D eigenvalue weighted by Gasteiger charge is -2.12. The van der Waals surface area contributed by atoms with Gasteiger partial charge < -0.3 is 22.5 Å². The molecular weight excluding hydrogens is 552 g/mol. The Morgan fingerprint density at radius 3 is 2.15 bits per heavy atom. The van der Waals surface area contributed by atoms with E-state index >= 15 is 0 Å². The van der Waals surface area contributed by atoms with Crippen molar-refractivity contribution in [3.05, 3.63) is 65.2 Å². The number of benzene rings is 2. The fraction of sp³-hybridized carbons (Fsp3) is 0.500. The van der Waals surface area contributed by atoms with Crippen molar-refractivity contribution in [2.75, 3.05) is 11.9 Å². The fourth-order valence-electron chi connectivity index (χ4n) is 4.94. The van der Waals surface area contributed by atoms with Crippen LogP contribution in [-0.4, -0.2) is 18.3 Å². The molecule has 41 heavy (non-hydrogen) atoms. The van der Waals surface area contributed by atoms with Crippen LogP contribution >= 0.6 is 11.3 Å². The number of rotatable bonds is 19. The zero-order chi connectivity index (χ0) is 28.6. The average molecular weight is 599 g/mol. The SMILES string of the molecule is CCCCCCCCCCCCCCOc1ccc(CC(=O)Nc2cccc(-c3scc[n+]3C)c2)cc1C(C)=O.[Cl-]. The summed E-state index contributed by atoms with van der Waals surface area (Å²) in [7, 11) is 2.01. The summed E-state index contributed by atoms with van der Waals surface area (Å²) < 4.78 is 8.05. The summed E-state index contributed by atoms with van der Waals surface area (Å²) in [5.41, 5.74) is 3.14. The molecule has 1 heterocycles. The van der Waals surface area contributed by atoms with Crippen LogP contribution in [0.5, 0.6) is 5.75 Å². The van der Waals surface area contributed by atoms with Crippen LogP contribution in [-0.2, 0) is 18.3 Å². The number of hydrogen-bond donors (Lipinski definition) is 1. The molecule has 0 radical (unpaired) electrons. The minimum Gasteiger partial charge on any atom is -1.00 e. The third-order valence-corrected chi connectivity index (χ3v) is 8.23. The highest BCUT2D eigenvalue weighted by atomic mass is 35.5.